The van der Waals surface area contributed by atoms with Gasteiger partial charge in [0, 0.05) is 22.5 Å². The number of halogens is 1. The van der Waals surface area contributed by atoms with E-state index < -0.39 is 16.0 Å². The summed E-state index contributed by atoms with van der Waals surface area (Å²) in [6, 6.07) is 3.80. The molecule has 8 heteroatoms. The second-order valence-electron chi connectivity index (χ2n) is 3.71. The van der Waals surface area contributed by atoms with Crippen LogP contribution in [-0.4, -0.2) is 37.5 Å². The highest BCUT2D eigenvalue weighted by Crippen LogP contribution is 2.23. The lowest BCUT2D eigenvalue weighted by Crippen LogP contribution is -2.26. The van der Waals surface area contributed by atoms with Crippen molar-refractivity contribution < 1.29 is 18.3 Å². The van der Waals surface area contributed by atoms with E-state index in [2.05, 4.69) is 27.2 Å². The van der Waals surface area contributed by atoms with Gasteiger partial charge in [-0.25, -0.2) is 17.9 Å². The maximum absolute atomic E-state index is 12.0. The Morgan fingerprint density at radius 1 is 1.50 bits per heavy atom. The van der Waals surface area contributed by atoms with Crippen LogP contribution in [0.15, 0.2) is 40.2 Å². The first-order valence-electron chi connectivity index (χ1n) is 5.59. The molecule has 0 heterocycles. The molecule has 0 aromatic heterocycles. The van der Waals surface area contributed by atoms with Crippen LogP contribution in [0, 0.1) is 0 Å². The fourth-order valence-electron chi connectivity index (χ4n) is 1.34. The Bertz CT molecular complexity index is 601. The minimum Gasteiger partial charge on any atom is -0.478 e. The highest BCUT2D eigenvalue weighted by Gasteiger charge is 2.18. The van der Waals surface area contributed by atoms with Gasteiger partial charge in [0.25, 0.3) is 0 Å². The number of hydrogen-bond donors (Lipinski definition) is 2. The predicted octanol–water partition coefficient (Wildman–Crippen LogP) is 2.34. The van der Waals surface area contributed by atoms with Crippen molar-refractivity contribution in [3.05, 3.63) is 40.9 Å². The predicted molar refractivity (Wildman–Crippen MR) is 83.8 cm³/mol. The molecule has 1 aromatic rings. The molecule has 110 valence electrons. The largest absolute Gasteiger partial charge is 0.478 e. The molecule has 0 aliphatic carbocycles. The molecule has 2 N–H and O–H groups in total. The molecule has 0 saturated carbocycles. The van der Waals surface area contributed by atoms with Gasteiger partial charge in [-0.05, 0) is 34.1 Å². The van der Waals surface area contributed by atoms with Crippen molar-refractivity contribution in [2.24, 2.45) is 0 Å². The fourth-order valence-corrected chi connectivity index (χ4v) is 4.16. The third-order valence-electron chi connectivity index (χ3n) is 2.24. The molecule has 0 amide bonds. The Hall–Kier alpha value is -0.830. The van der Waals surface area contributed by atoms with Crippen LogP contribution in [0.2, 0.25) is 0 Å². The van der Waals surface area contributed by atoms with E-state index in [0.29, 0.717) is 12.3 Å². The molecular weight excluding hydrogens is 366 g/mol. The van der Waals surface area contributed by atoms with Crippen LogP contribution in [0.25, 0.3) is 0 Å². The van der Waals surface area contributed by atoms with Gasteiger partial charge in [0.05, 0.1) is 10.5 Å². The third-order valence-corrected chi connectivity index (χ3v) is 5.64. The molecular formula is C12H14BrNO4S2. The first-order valence-corrected chi connectivity index (χ1v) is 9.02. The second-order valence-corrected chi connectivity index (χ2v) is 7.45. The molecule has 0 atom stereocenters. The van der Waals surface area contributed by atoms with Gasteiger partial charge in [-0.2, -0.15) is 11.8 Å². The average molecular weight is 380 g/mol. The van der Waals surface area contributed by atoms with Crippen molar-refractivity contribution in [1.82, 2.24) is 4.72 Å². The molecule has 0 fully saturated rings. The molecule has 1 rings (SSSR count). The summed E-state index contributed by atoms with van der Waals surface area (Å²) in [4.78, 5) is 10.8. The highest BCUT2D eigenvalue weighted by molar-refractivity contribution is 9.10. The fraction of sp³-hybridized carbons (Fsp3) is 0.250. The minimum atomic E-state index is -3.65. The zero-order valence-electron chi connectivity index (χ0n) is 10.5. The molecule has 0 saturated heterocycles. The Morgan fingerprint density at radius 2 is 2.20 bits per heavy atom. The molecule has 0 radical (unpaired) electrons. The molecule has 5 nitrogen and oxygen atoms in total. The molecule has 20 heavy (non-hydrogen) atoms. The number of carbonyl (C=O) groups is 1. The molecule has 0 aliphatic rings. The lowest BCUT2D eigenvalue weighted by atomic mass is 10.2. The van der Waals surface area contributed by atoms with Crippen molar-refractivity contribution >= 4 is 43.7 Å². The number of thioether (sulfide) groups is 1. The summed E-state index contributed by atoms with van der Waals surface area (Å²) < 4.78 is 26.8. The van der Waals surface area contributed by atoms with Crippen LogP contribution in [0.1, 0.15) is 10.4 Å². The highest BCUT2D eigenvalue weighted by atomic mass is 79.9. The Labute approximate surface area is 130 Å². The van der Waals surface area contributed by atoms with Gasteiger partial charge < -0.3 is 5.11 Å². The van der Waals surface area contributed by atoms with E-state index in [1.165, 1.54) is 18.2 Å². The number of carboxylic acids is 1. The average Bonchev–Trinajstić information content (AvgIpc) is 2.37. The summed E-state index contributed by atoms with van der Waals surface area (Å²) in [6.07, 6.45) is 1.75. The van der Waals surface area contributed by atoms with Crippen LogP contribution in [0.5, 0.6) is 0 Å². The maximum atomic E-state index is 12.0. The lowest BCUT2D eigenvalue weighted by molar-refractivity contribution is 0.0696. The maximum Gasteiger partial charge on any atom is 0.335 e. The van der Waals surface area contributed by atoms with E-state index in [0.717, 1.165) is 5.75 Å². The molecule has 0 bridgehead atoms. The molecule has 0 aliphatic heterocycles. The minimum absolute atomic E-state index is 0.0243. The van der Waals surface area contributed by atoms with E-state index in [1.54, 1.807) is 17.8 Å². The summed E-state index contributed by atoms with van der Waals surface area (Å²) in [5.41, 5.74) is 0.0253. The number of nitrogens with one attached hydrogen (secondary N) is 1. The van der Waals surface area contributed by atoms with Crippen LogP contribution in [0.3, 0.4) is 0 Å². The Morgan fingerprint density at radius 3 is 2.75 bits per heavy atom. The smallest absolute Gasteiger partial charge is 0.335 e. The summed E-state index contributed by atoms with van der Waals surface area (Å²) in [5, 5.41) is 8.83. The van der Waals surface area contributed by atoms with Crippen LogP contribution in [0.4, 0.5) is 0 Å². The normalized spacial score (nSPS) is 11.2. The van der Waals surface area contributed by atoms with Crippen molar-refractivity contribution in [2.75, 3.05) is 18.1 Å². The monoisotopic (exact) mass is 379 g/mol. The Kier molecular flexibility index (Phi) is 6.74. The van der Waals surface area contributed by atoms with E-state index in [9.17, 15) is 13.2 Å². The van der Waals surface area contributed by atoms with Gasteiger partial charge >= 0.3 is 5.97 Å². The van der Waals surface area contributed by atoms with Crippen molar-refractivity contribution in [3.8, 4) is 0 Å². The zero-order valence-corrected chi connectivity index (χ0v) is 13.7. The second kappa shape index (κ2) is 7.82. The topological polar surface area (TPSA) is 83.5 Å². The first-order chi connectivity index (χ1) is 9.38. The Balaban J connectivity index is 2.77. The van der Waals surface area contributed by atoms with Gasteiger partial charge in [-0.3, -0.25) is 0 Å². The van der Waals surface area contributed by atoms with Crippen LogP contribution < -0.4 is 4.72 Å². The quantitative estimate of drug-likeness (QED) is 0.534. The summed E-state index contributed by atoms with van der Waals surface area (Å²) in [6.45, 7) is 3.87. The van der Waals surface area contributed by atoms with Crippen molar-refractivity contribution in [3.63, 3.8) is 0 Å². The first kappa shape index (κ1) is 17.2. The van der Waals surface area contributed by atoms with Gasteiger partial charge in [0.2, 0.25) is 10.0 Å². The van der Waals surface area contributed by atoms with Crippen LogP contribution in [-0.2, 0) is 10.0 Å². The van der Waals surface area contributed by atoms with Gasteiger partial charge in [-0.1, -0.05) is 6.08 Å². The summed E-state index contributed by atoms with van der Waals surface area (Å²) >= 11 is 4.65. The number of carboxylic acid groups (broad SMARTS) is 1. The summed E-state index contributed by atoms with van der Waals surface area (Å²) in [7, 11) is -3.65. The molecule has 1 aromatic carbocycles. The number of benzene rings is 1. The zero-order chi connectivity index (χ0) is 15.2. The number of rotatable bonds is 8. The lowest BCUT2D eigenvalue weighted by Gasteiger charge is -2.08. The van der Waals surface area contributed by atoms with Gasteiger partial charge in [-0.15, -0.1) is 6.58 Å². The number of aromatic carboxylic acids is 1. The molecule has 0 spiro atoms. The third kappa shape index (κ3) is 4.93. The SMILES string of the molecule is C=CCSCCNS(=O)(=O)c1ccc(C(=O)O)cc1Br. The standard InChI is InChI=1S/C12H14BrNO4S2/c1-2-6-19-7-5-14-20(17,18)11-4-3-9(12(15)16)8-10(11)13/h2-4,8,14H,1,5-7H2,(H,15,16). The van der Waals surface area contributed by atoms with Gasteiger partial charge in [0.15, 0.2) is 0 Å². The van der Waals surface area contributed by atoms with E-state index >= 15 is 0 Å². The number of hydrogen-bond acceptors (Lipinski definition) is 4. The van der Waals surface area contributed by atoms with Crippen LogP contribution >= 0.6 is 27.7 Å². The van der Waals surface area contributed by atoms with E-state index in [-0.39, 0.29) is 14.9 Å². The molecule has 0 unspecified atom stereocenters. The summed E-state index contributed by atoms with van der Waals surface area (Å²) in [5.74, 6) is 0.290. The van der Waals surface area contributed by atoms with E-state index in [1.807, 2.05) is 0 Å². The van der Waals surface area contributed by atoms with Crippen molar-refractivity contribution in [2.45, 2.75) is 4.90 Å². The number of sulfonamides is 1. The van der Waals surface area contributed by atoms with E-state index in [4.69, 9.17) is 5.11 Å². The van der Waals surface area contributed by atoms with Gasteiger partial charge in [0.1, 0.15) is 0 Å². The van der Waals surface area contributed by atoms with Crippen molar-refractivity contribution in [1.29, 1.82) is 0 Å².